The summed E-state index contributed by atoms with van der Waals surface area (Å²) in [5, 5.41) is 6.57. The molecule has 0 aromatic carbocycles. The molecule has 0 unspecified atom stereocenters. The van der Waals surface area contributed by atoms with Gasteiger partial charge in [-0.1, -0.05) is 0 Å². The van der Waals surface area contributed by atoms with Gasteiger partial charge in [-0.15, -0.1) is 0 Å². The summed E-state index contributed by atoms with van der Waals surface area (Å²) < 4.78 is 0. The summed E-state index contributed by atoms with van der Waals surface area (Å²) >= 11 is 1.60. The lowest BCUT2D eigenvalue weighted by molar-refractivity contribution is -0.129. The molecule has 5 nitrogen and oxygen atoms in total. The Kier molecular flexibility index (Phi) is 4.84. The predicted octanol–water partition coefficient (Wildman–Crippen LogP) is 1.53. The van der Waals surface area contributed by atoms with E-state index >= 15 is 0 Å². The van der Waals surface area contributed by atoms with Crippen LogP contribution in [-0.2, 0) is 11.3 Å². The standard InChI is InChI=1S/C14H15N3O2S/c1-17(9-11-4-7-20-10-11)13(18)8-16-14(19)12-2-5-15-6-3-12/h2-7,10H,8-9H2,1H3,(H,16,19). The molecule has 2 heterocycles. The highest BCUT2D eigenvalue weighted by Crippen LogP contribution is 2.08. The van der Waals surface area contributed by atoms with Gasteiger partial charge in [0.15, 0.2) is 0 Å². The maximum absolute atomic E-state index is 11.9. The van der Waals surface area contributed by atoms with Crippen molar-refractivity contribution in [1.82, 2.24) is 15.2 Å². The summed E-state index contributed by atoms with van der Waals surface area (Å²) in [4.78, 5) is 29.1. The van der Waals surface area contributed by atoms with Gasteiger partial charge in [0.1, 0.15) is 0 Å². The number of likely N-dealkylation sites (N-methyl/N-ethyl adjacent to an activating group) is 1. The van der Waals surface area contributed by atoms with Gasteiger partial charge in [0, 0.05) is 31.5 Å². The summed E-state index contributed by atoms with van der Waals surface area (Å²) in [6.45, 7) is 0.537. The molecule has 0 aliphatic carbocycles. The first kappa shape index (κ1) is 14.2. The van der Waals surface area contributed by atoms with Gasteiger partial charge >= 0.3 is 0 Å². The molecule has 104 valence electrons. The average Bonchev–Trinajstić information content (AvgIpc) is 2.98. The maximum atomic E-state index is 11.9. The number of carbonyl (C=O) groups excluding carboxylic acids is 2. The molecule has 2 aromatic heterocycles. The number of thiophene rings is 1. The largest absolute Gasteiger partial charge is 0.343 e. The number of nitrogens with one attached hydrogen (secondary N) is 1. The van der Waals surface area contributed by atoms with Gasteiger partial charge in [-0.2, -0.15) is 11.3 Å². The molecule has 0 saturated heterocycles. The van der Waals surface area contributed by atoms with Crippen LogP contribution in [0.15, 0.2) is 41.4 Å². The SMILES string of the molecule is CN(Cc1ccsc1)C(=O)CNC(=O)c1ccncc1. The molecule has 0 aliphatic rings. The van der Waals surface area contributed by atoms with E-state index in [0.29, 0.717) is 12.1 Å². The van der Waals surface area contributed by atoms with Crippen LogP contribution in [0.2, 0.25) is 0 Å². The Bertz CT molecular complexity index is 569. The van der Waals surface area contributed by atoms with Gasteiger partial charge in [0.2, 0.25) is 5.91 Å². The molecule has 0 aliphatic heterocycles. The van der Waals surface area contributed by atoms with E-state index in [2.05, 4.69) is 10.3 Å². The third kappa shape index (κ3) is 3.89. The molecule has 1 N–H and O–H groups in total. The Morgan fingerprint density at radius 1 is 1.30 bits per heavy atom. The van der Waals surface area contributed by atoms with E-state index in [-0.39, 0.29) is 18.4 Å². The Hall–Kier alpha value is -2.21. The van der Waals surface area contributed by atoms with Crippen LogP contribution in [0.1, 0.15) is 15.9 Å². The van der Waals surface area contributed by atoms with Crippen molar-refractivity contribution in [2.75, 3.05) is 13.6 Å². The Morgan fingerprint density at radius 3 is 2.70 bits per heavy atom. The van der Waals surface area contributed by atoms with Crippen molar-refractivity contribution in [2.24, 2.45) is 0 Å². The first-order valence-electron chi connectivity index (χ1n) is 6.10. The van der Waals surface area contributed by atoms with Crippen molar-refractivity contribution in [3.8, 4) is 0 Å². The van der Waals surface area contributed by atoms with Gasteiger partial charge in [0.05, 0.1) is 6.54 Å². The van der Waals surface area contributed by atoms with Crippen LogP contribution in [0.25, 0.3) is 0 Å². The van der Waals surface area contributed by atoms with Crippen molar-refractivity contribution in [3.05, 3.63) is 52.5 Å². The van der Waals surface area contributed by atoms with Crippen molar-refractivity contribution in [2.45, 2.75) is 6.54 Å². The van der Waals surface area contributed by atoms with Crippen LogP contribution in [0.5, 0.6) is 0 Å². The van der Waals surface area contributed by atoms with Crippen LogP contribution >= 0.6 is 11.3 Å². The fourth-order valence-electron chi connectivity index (χ4n) is 1.64. The molecule has 0 fully saturated rings. The molecule has 0 bridgehead atoms. The number of aromatic nitrogens is 1. The highest BCUT2D eigenvalue weighted by atomic mass is 32.1. The number of carbonyl (C=O) groups is 2. The minimum Gasteiger partial charge on any atom is -0.343 e. The Morgan fingerprint density at radius 2 is 2.05 bits per heavy atom. The highest BCUT2D eigenvalue weighted by molar-refractivity contribution is 7.07. The Balaban J connectivity index is 1.81. The van der Waals surface area contributed by atoms with E-state index in [1.807, 2.05) is 16.8 Å². The van der Waals surface area contributed by atoms with Gasteiger partial charge < -0.3 is 10.2 Å². The number of pyridine rings is 1. The zero-order valence-electron chi connectivity index (χ0n) is 11.1. The predicted molar refractivity (Wildman–Crippen MR) is 77.4 cm³/mol. The monoisotopic (exact) mass is 289 g/mol. The number of amides is 2. The Labute approximate surface area is 121 Å². The lowest BCUT2D eigenvalue weighted by Crippen LogP contribution is -2.37. The molecule has 2 rings (SSSR count). The third-order valence-corrected chi connectivity index (χ3v) is 3.50. The second-order valence-corrected chi connectivity index (χ2v) is 5.08. The van der Waals surface area contributed by atoms with E-state index in [1.165, 1.54) is 0 Å². The van der Waals surface area contributed by atoms with Crippen molar-refractivity contribution in [3.63, 3.8) is 0 Å². The van der Waals surface area contributed by atoms with Crippen LogP contribution in [0.3, 0.4) is 0 Å². The normalized spacial score (nSPS) is 10.1. The number of hydrogen-bond acceptors (Lipinski definition) is 4. The van der Waals surface area contributed by atoms with Crippen LogP contribution in [-0.4, -0.2) is 35.3 Å². The molecule has 0 atom stereocenters. The molecule has 0 saturated carbocycles. The second kappa shape index (κ2) is 6.81. The van der Waals surface area contributed by atoms with Gasteiger partial charge in [-0.3, -0.25) is 14.6 Å². The summed E-state index contributed by atoms with van der Waals surface area (Å²) in [7, 11) is 1.72. The van der Waals surface area contributed by atoms with E-state index in [1.54, 1.807) is 47.8 Å². The maximum Gasteiger partial charge on any atom is 0.251 e. The highest BCUT2D eigenvalue weighted by Gasteiger charge is 2.12. The van der Waals surface area contributed by atoms with Crippen molar-refractivity contribution < 1.29 is 9.59 Å². The summed E-state index contributed by atoms with van der Waals surface area (Å²) in [6.07, 6.45) is 3.08. The van der Waals surface area contributed by atoms with E-state index in [0.717, 1.165) is 5.56 Å². The summed E-state index contributed by atoms with van der Waals surface area (Å²) in [5.74, 6) is -0.400. The lowest BCUT2D eigenvalue weighted by atomic mass is 10.2. The van der Waals surface area contributed by atoms with Gasteiger partial charge in [-0.05, 0) is 34.5 Å². The molecule has 6 heteroatoms. The van der Waals surface area contributed by atoms with E-state index < -0.39 is 0 Å². The zero-order valence-corrected chi connectivity index (χ0v) is 11.9. The minimum absolute atomic E-state index is 0.0121. The van der Waals surface area contributed by atoms with Crippen LogP contribution in [0, 0.1) is 0 Å². The fraction of sp³-hybridized carbons (Fsp3) is 0.214. The van der Waals surface area contributed by atoms with E-state index in [4.69, 9.17) is 0 Å². The summed E-state index contributed by atoms with van der Waals surface area (Å²) in [5.41, 5.74) is 1.58. The third-order valence-electron chi connectivity index (χ3n) is 2.77. The molecule has 2 amide bonds. The lowest BCUT2D eigenvalue weighted by Gasteiger charge is -2.16. The summed E-state index contributed by atoms with van der Waals surface area (Å²) in [6, 6.07) is 5.19. The smallest absolute Gasteiger partial charge is 0.251 e. The number of rotatable bonds is 5. The first-order chi connectivity index (χ1) is 9.66. The molecule has 2 aromatic rings. The first-order valence-corrected chi connectivity index (χ1v) is 7.04. The van der Waals surface area contributed by atoms with Gasteiger partial charge in [0.25, 0.3) is 5.91 Å². The fourth-order valence-corrected chi connectivity index (χ4v) is 2.30. The number of nitrogens with zero attached hydrogens (tertiary/aromatic N) is 2. The van der Waals surface area contributed by atoms with Gasteiger partial charge in [-0.25, -0.2) is 0 Å². The average molecular weight is 289 g/mol. The minimum atomic E-state index is -0.273. The topological polar surface area (TPSA) is 62.3 Å². The molecule has 0 spiro atoms. The van der Waals surface area contributed by atoms with Crippen molar-refractivity contribution in [1.29, 1.82) is 0 Å². The van der Waals surface area contributed by atoms with Crippen LogP contribution < -0.4 is 5.32 Å². The molecule has 0 radical (unpaired) electrons. The van der Waals surface area contributed by atoms with E-state index in [9.17, 15) is 9.59 Å². The quantitative estimate of drug-likeness (QED) is 0.908. The molecule has 20 heavy (non-hydrogen) atoms. The zero-order chi connectivity index (χ0) is 14.4. The molecular weight excluding hydrogens is 274 g/mol. The number of hydrogen-bond donors (Lipinski definition) is 1. The molecular formula is C14H15N3O2S. The van der Waals surface area contributed by atoms with Crippen LogP contribution in [0.4, 0.5) is 0 Å². The van der Waals surface area contributed by atoms with Crippen molar-refractivity contribution >= 4 is 23.2 Å². The second-order valence-electron chi connectivity index (χ2n) is 4.30.